The monoisotopic (exact) mass is 337 g/mol. The molecule has 0 saturated carbocycles. The zero-order chi connectivity index (χ0) is 17.1. The van der Waals surface area contributed by atoms with E-state index in [9.17, 15) is 4.79 Å². The number of aromatic nitrogens is 4. The van der Waals surface area contributed by atoms with Crippen molar-refractivity contribution in [1.29, 1.82) is 0 Å². The van der Waals surface area contributed by atoms with Gasteiger partial charge in [0.1, 0.15) is 5.69 Å². The third-order valence-corrected chi connectivity index (χ3v) is 4.37. The molecule has 0 spiro atoms. The van der Waals surface area contributed by atoms with E-state index >= 15 is 0 Å². The summed E-state index contributed by atoms with van der Waals surface area (Å²) in [6, 6.07) is 1.86. The van der Waals surface area contributed by atoms with Crippen molar-refractivity contribution in [1.82, 2.24) is 24.9 Å². The molecule has 0 aliphatic carbocycles. The minimum atomic E-state index is -0.112. The molecule has 7 heteroatoms. The zero-order valence-electron chi connectivity index (χ0n) is 14.4. The molecule has 0 saturated heterocycles. The van der Waals surface area contributed by atoms with Gasteiger partial charge in [0.25, 0.3) is 5.91 Å². The Morgan fingerprint density at radius 1 is 1.30 bits per heavy atom. The number of carbonyl (C=O) groups excluding carboxylic acids is 1. The molecule has 1 amide bonds. The number of nitrogens with one attached hydrogen (secondary N) is 1. The second-order valence-electron chi connectivity index (χ2n) is 5.89. The SMILES string of the molecule is CCn1nc(C(C)C)cc1C(=O)NCCn1nc(C)c(Cl)c1C. The molecular weight excluding hydrogens is 314 g/mol. The lowest BCUT2D eigenvalue weighted by Crippen LogP contribution is -2.29. The molecule has 1 N–H and O–H groups in total. The molecule has 6 nitrogen and oxygen atoms in total. The van der Waals surface area contributed by atoms with Gasteiger partial charge in [0, 0.05) is 13.1 Å². The number of nitrogens with zero attached hydrogens (tertiary/aromatic N) is 4. The van der Waals surface area contributed by atoms with Gasteiger partial charge in [-0.05, 0) is 32.8 Å². The highest BCUT2D eigenvalue weighted by Crippen LogP contribution is 2.18. The van der Waals surface area contributed by atoms with E-state index in [1.165, 1.54) is 0 Å². The number of amides is 1. The Kier molecular flexibility index (Phi) is 5.46. The van der Waals surface area contributed by atoms with Crippen LogP contribution in [0.4, 0.5) is 0 Å². The summed E-state index contributed by atoms with van der Waals surface area (Å²) in [6.45, 7) is 11.6. The maximum absolute atomic E-state index is 12.4. The highest BCUT2D eigenvalue weighted by atomic mass is 35.5. The van der Waals surface area contributed by atoms with Gasteiger partial charge in [-0.3, -0.25) is 14.2 Å². The second kappa shape index (κ2) is 7.17. The standard InChI is InChI=1S/C16H24ClN5O/c1-6-21-14(9-13(20-21)10(2)3)16(23)18-7-8-22-12(5)15(17)11(4)19-22/h9-10H,6-8H2,1-5H3,(H,18,23). The topological polar surface area (TPSA) is 64.7 Å². The van der Waals surface area contributed by atoms with Crippen LogP contribution in [0.3, 0.4) is 0 Å². The van der Waals surface area contributed by atoms with Gasteiger partial charge >= 0.3 is 0 Å². The molecule has 2 aromatic rings. The normalized spacial score (nSPS) is 11.3. The highest BCUT2D eigenvalue weighted by molar-refractivity contribution is 6.31. The maximum Gasteiger partial charge on any atom is 0.269 e. The summed E-state index contributed by atoms with van der Waals surface area (Å²) in [7, 11) is 0. The average molecular weight is 338 g/mol. The van der Waals surface area contributed by atoms with E-state index in [0.717, 1.165) is 17.1 Å². The van der Waals surface area contributed by atoms with Crippen LogP contribution in [0.15, 0.2) is 6.07 Å². The van der Waals surface area contributed by atoms with Crippen molar-refractivity contribution in [3.63, 3.8) is 0 Å². The van der Waals surface area contributed by atoms with E-state index in [-0.39, 0.29) is 5.91 Å². The molecular formula is C16H24ClN5O. The van der Waals surface area contributed by atoms with E-state index in [1.54, 1.807) is 4.68 Å². The van der Waals surface area contributed by atoms with Gasteiger partial charge in [0.2, 0.25) is 0 Å². The Hall–Kier alpha value is -1.82. The molecule has 2 rings (SSSR count). The summed E-state index contributed by atoms with van der Waals surface area (Å²) in [5.74, 6) is 0.185. The van der Waals surface area contributed by atoms with E-state index in [0.29, 0.717) is 36.3 Å². The average Bonchev–Trinajstić information content (AvgIpc) is 3.05. The van der Waals surface area contributed by atoms with Crippen LogP contribution in [-0.4, -0.2) is 32.0 Å². The lowest BCUT2D eigenvalue weighted by atomic mass is 10.1. The van der Waals surface area contributed by atoms with Crippen LogP contribution in [0.5, 0.6) is 0 Å². The van der Waals surface area contributed by atoms with Crippen molar-refractivity contribution >= 4 is 17.5 Å². The first-order valence-electron chi connectivity index (χ1n) is 7.90. The fourth-order valence-electron chi connectivity index (χ4n) is 2.40. The molecule has 0 unspecified atom stereocenters. The van der Waals surface area contributed by atoms with Gasteiger partial charge in [-0.2, -0.15) is 10.2 Å². The molecule has 0 bridgehead atoms. The first-order valence-corrected chi connectivity index (χ1v) is 8.28. The van der Waals surface area contributed by atoms with Gasteiger partial charge < -0.3 is 5.32 Å². The van der Waals surface area contributed by atoms with Crippen molar-refractivity contribution in [3.05, 3.63) is 33.9 Å². The first-order chi connectivity index (χ1) is 10.8. The number of hydrogen-bond donors (Lipinski definition) is 1. The number of halogens is 1. The lowest BCUT2D eigenvalue weighted by molar-refractivity contribution is 0.0941. The fourth-order valence-corrected chi connectivity index (χ4v) is 2.54. The summed E-state index contributed by atoms with van der Waals surface area (Å²) >= 11 is 6.13. The van der Waals surface area contributed by atoms with Gasteiger partial charge in [-0.15, -0.1) is 0 Å². The minimum Gasteiger partial charge on any atom is -0.349 e. The van der Waals surface area contributed by atoms with Crippen molar-refractivity contribution in [2.45, 2.75) is 53.6 Å². The van der Waals surface area contributed by atoms with E-state index < -0.39 is 0 Å². The summed E-state index contributed by atoms with van der Waals surface area (Å²) in [5, 5.41) is 12.4. The lowest BCUT2D eigenvalue weighted by Gasteiger charge is -2.08. The van der Waals surface area contributed by atoms with Crippen LogP contribution >= 0.6 is 11.6 Å². The number of hydrogen-bond acceptors (Lipinski definition) is 3. The molecule has 0 aliphatic heterocycles. The smallest absolute Gasteiger partial charge is 0.269 e. The second-order valence-corrected chi connectivity index (χ2v) is 6.27. The quantitative estimate of drug-likeness (QED) is 0.881. The van der Waals surface area contributed by atoms with Crippen molar-refractivity contribution < 1.29 is 4.79 Å². The molecule has 0 radical (unpaired) electrons. The summed E-state index contributed by atoms with van der Waals surface area (Å²) < 4.78 is 3.56. The Labute approximate surface area is 141 Å². The van der Waals surface area contributed by atoms with Crippen molar-refractivity contribution in [3.8, 4) is 0 Å². The van der Waals surface area contributed by atoms with Gasteiger partial charge in [-0.1, -0.05) is 25.4 Å². The Morgan fingerprint density at radius 3 is 2.52 bits per heavy atom. The maximum atomic E-state index is 12.4. The Bertz CT molecular complexity index is 702. The number of aryl methyl sites for hydroxylation is 2. The largest absolute Gasteiger partial charge is 0.349 e. The first kappa shape index (κ1) is 17.5. The molecule has 23 heavy (non-hydrogen) atoms. The fraction of sp³-hybridized carbons (Fsp3) is 0.562. The predicted molar refractivity (Wildman–Crippen MR) is 91.0 cm³/mol. The zero-order valence-corrected chi connectivity index (χ0v) is 15.1. The Morgan fingerprint density at radius 2 is 2.00 bits per heavy atom. The van der Waals surface area contributed by atoms with Crippen LogP contribution in [-0.2, 0) is 13.1 Å². The molecule has 0 fully saturated rings. The number of rotatable bonds is 6. The molecule has 0 atom stereocenters. The van der Waals surface area contributed by atoms with Crippen LogP contribution in [0.25, 0.3) is 0 Å². The predicted octanol–water partition coefficient (Wildman–Crippen LogP) is 2.92. The van der Waals surface area contributed by atoms with E-state index in [4.69, 9.17) is 11.6 Å². The summed E-state index contributed by atoms with van der Waals surface area (Å²) in [5.41, 5.74) is 3.25. The van der Waals surface area contributed by atoms with E-state index in [2.05, 4.69) is 29.4 Å². The summed E-state index contributed by atoms with van der Waals surface area (Å²) in [6.07, 6.45) is 0. The molecule has 2 aromatic heterocycles. The molecule has 0 aromatic carbocycles. The van der Waals surface area contributed by atoms with Crippen molar-refractivity contribution in [2.24, 2.45) is 0 Å². The van der Waals surface area contributed by atoms with Gasteiger partial charge in [-0.25, -0.2) is 0 Å². The van der Waals surface area contributed by atoms with Crippen LogP contribution in [0.2, 0.25) is 5.02 Å². The number of carbonyl (C=O) groups is 1. The highest BCUT2D eigenvalue weighted by Gasteiger charge is 2.16. The third-order valence-electron chi connectivity index (χ3n) is 3.82. The van der Waals surface area contributed by atoms with Crippen LogP contribution in [0.1, 0.15) is 54.3 Å². The van der Waals surface area contributed by atoms with Crippen LogP contribution < -0.4 is 5.32 Å². The van der Waals surface area contributed by atoms with Crippen LogP contribution in [0, 0.1) is 13.8 Å². The molecule has 2 heterocycles. The Balaban J connectivity index is 2.01. The van der Waals surface area contributed by atoms with Crippen molar-refractivity contribution in [2.75, 3.05) is 6.54 Å². The third kappa shape index (κ3) is 3.75. The van der Waals surface area contributed by atoms with E-state index in [1.807, 2.05) is 31.5 Å². The van der Waals surface area contributed by atoms with Gasteiger partial charge in [0.15, 0.2) is 0 Å². The molecule has 0 aliphatic rings. The molecule has 126 valence electrons. The summed E-state index contributed by atoms with van der Waals surface area (Å²) in [4.78, 5) is 12.4. The van der Waals surface area contributed by atoms with Gasteiger partial charge in [0.05, 0.1) is 28.6 Å². The minimum absolute atomic E-state index is 0.112.